The summed E-state index contributed by atoms with van der Waals surface area (Å²) < 4.78 is 94.6. The Kier molecular flexibility index (Phi) is 6.05. The number of halogens is 3. The Balaban J connectivity index is 1.96. The quantitative estimate of drug-likeness (QED) is 0.664. The highest BCUT2D eigenvalue weighted by molar-refractivity contribution is 7.92. The Labute approximate surface area is 173 Å². The van der Waals surface area contributed by atoms with Gasteiger partial charge in [0.2, 0.25) is 0 Å². The van der Waals surface area contributed by atoms with Crippen LogP contribution in [0.5, 0.6) is 0 Å². The number of hydrogen-bond acceptors (Lipinski definition) is 5. The molecule has 0 bridgehead atoms. The van der Waals surface area contributed by atoms with Gasteiger partial charge in [-0.15, -0.1) is 0 Å². The molecule has 0 aliphatic carbocycles. The zero-order valence-corrected chi connectivity index (χ0v) is 17.9. The maximum atomic E-state index is 14.6. The third-order valence-corrected chi connectivity index (χ3v) is 9.04. The van der Waals surface area contributed by atoms with Crippen molar-refractivity contribution in [1.29, 1.82) is 0 Å². The van der Waals surface area contributed by atoms with Crippen molar-refractivity contribution in [2.24, 2.45) is 0 Å². The number of rotatable bonds is 5. The van der Waals surface area contributed by atoms with Crippen LogP contribution in [0.3, 0.4) is 0 Å². The van der Waals surface area contributed by atoms with Crippen LogP contribution in [-0.2, 0) is 24.4 Å². The molecule has 164 valence electrons. The molecular weight excluding hydrogens is 441 g/mol. The molecule has 0 aromatic heterocycles. The summed E-state index contributed by atoms with van der Waals surface area (Å²) in [6.07, 6.45) is -2.78. The molecule has 1 heterocycles. The first-order valence-corrected chi connectivity index (χ1v) is 12.5. The predicted molar refractivity (Wildman–Crippen MR) is 104 cm³/mol. The molecular formula is C20H21F3O5S2. The van der Waals surface area contributed by atoms with Crippen LogP contribution in [0, 0.1) is 5.82 Å². The zero-order valence-electron chi connectivity index (χ0n) is 16.3. The molecule has 2 atom stereocenters. The van der Waals surface area contributed by atoms with Crippen LogP contribution in [0.2, 0.25) is 0 Å². The summed E-state index contributed by atoms with van der Waals surface area (Å²) in [6, 6.07) is 8.02. The maximum Gasteiger partial charge on any atom is 0.263 e. The molecule has 1 saturated heterocycles. The van der Waals surface area contributed by atoms with E-state index < -0.39 is 48.3 Å². The fraction of sp³-hybridized carbons (Fsp3) is 0.400. The van der Waals surface area contributed by atoms with Gasteiger partial charge in [-0.2, -0.15) is 0 Å². The van der Waals surface area contributed by atoms with Gasteiger partial charge < -0.3 is 4.74 Å². The fourth-order valence-corrected chi connectivity index (χ4v) is 5.99. The van der Waals surface area contributed by atoms with E-state index in [0.29, 0.717) is 0 Å². The van der Waals surface area contributed by atoms with Gasteiger partial charge in [-0.3, -0.25) is 0 Å². The largest absolute Gasteiger partial charge is 0.373 e. The average Bonchev–Trinajstić information content (AvgIpc) is 2.67. The van der Waals surface area contributed by atoms with Gasteiger partial charge in [-0.1, -0.05) is 18.2 Å². The van der Waals surface area contributed by atoms with Crippen LogP contribution in [-0.4, -0.2) is 34.4 Å². The minimum Gasteiger partial charge on any atom is -0.373 e. The van der Waals surface area contributed by atoms with E-state index in [1.807, 2.05) is 0 Å². The molecule has 0 radical (unpaired) electrons. The molecule has 1 fully saturated rings. The van der Waals surface area contributed by atoms with Crippen molar-refractivity contribution in [3.05, 3.63) is 59.4 Å². The standard InChI is InChI=1S/C20H21F3O5S2/c1-20(30(26,27)15-5-3-4-13(10-15)19(22)23)8-9-28-18(12-20)16-7-6-14(11-17(16)21)29(2,24)25/h3-7,10-11,18-19H,8-9,12H2,1-2H3. The van der Waals surface area contributed by atoms with E-state index in [0.717, 1.165) is 24.5 Å². The number of benzene rings is 2. The van der Waals surface area contributed by atoms with Crippen molar-refractivity contribution in [2.75, 3.05) is 12.9 Å². The molecule has 0 spiro atoms. The van der Waals surface area contributed by atoms with Crippen molar-refractivity contribution in [3.8, 4) is 0 Å². The number of alkyl halides is 2. The smallest absolute Gasteiger partial charge is 0.263 e. The van der Waals surface area contributed by atoms with E-state index >= 15 is 0 Å². The lowest BCUT2D eigenvalue weighted by atomic mass is 9.92. The molecule has 0 amide bonds. The van der Waals surface area contributed by atoms with E-state index in [-0.39, 0.29) is 34.8 Å². The lowest BCUT2D eigenvalue weighted by molar-refractivity contribution is -0.00169. The summed E-state index contributed by atoms with van der Waals surface area (Å²) in [4.78, 5) is -0.421. The molecule has 2 unspecified atom stereocenters. The van der Waals surface area contributed by atoms with Crippen LogP contribution < -0.4 is 0 Å². The van der Waals surface area contributed by atoms with Crippen molar-refractivity contribution in [2.45, 2.75) is 46.8 Å². The van der Waals surface area contributed by atoms with Gasteiger partial charge in [0.1, 0.15) is 5.82 Å². The molecule has 30 heavy (non-hydrogen) atoms. The van der Waals surface area contributed by atoms with E-state index in [1.54, 1.807) is 0 Å². The molecule has 2 aromatic carbocycles. The third kappa shape index (κ3) is 4.26. The summed E-state index contributed by atoms with van der Waals surface area (Å²) in [5.74, 6) is -0.815. The Morgan fingerprint density at radius 1 is 1.07 bits per heavy atom. The first-order valence-electron chi connectivity index (χ1n) is 9.09. The summed E-state index contributed by atoms with van der Waals surface area (Å²) in [5, 5.41) is 0. The van der Waals surface area contributed by atoms with E-state index in [2.05, 4.69) is 0 Å². The molecule has 10 heteroatoms. The number of sulfone groups is 2. The Hall–Kier alpha value is -1.91. The summed E-state index contributed by atoms with van der Waals surface area (Å²) in [7, 11) is -7.64. The van der Waals surface area contributed by atoms with Crippen molar-refractivity contribution in [3.63, 3.8) is 0 Å². The fourth-order valence-electron chi connectivity index (χ4n) is 3.52. The van der Waals surface area contributed by atoms with Gasteiger partial charge in [0.05, 0.1) is 20.6 Å². The van der Waals surface area contributed by atoms with Crippen molar-refractivity contribution in [1.82, 2.24) is 0 Å². The predicted octanol–water partition coefficient (Wildman–Crippen LogP) is 4.25. The van der Waals surface area contributed by atoms with Gasteiger partial charge in [0.25, 0.3) is 6.43 Å². The molecule has 0 saturated carbocycles. The van der Waals surface area contributed by atoms with Gasteiger partial charge in [0, 0.05) is 24.0 Å². The summed E-state index contributed by atoms with van der Waals surface area (Å²) >= 11 is 0. The Morgan fingerprint density at radius 2 is 1.77 bits per heavy atom. The Morgan fingerprint density at radius 3 is 2.37 bits per heavy atom. The molecule has 1 aliphatic heterocycles. The minimum absolute atomic E-state index is 0.0161. The van der Waals surface area contributed by atoms with Crippen LogP contribution >= 0.6 is 0 Å². The van der Waals surface area contributed by atoms with Crippen LogP contribution in [0.15, 0.2) is 52.3 Å². The first-order chi connectivity index (χ1) is 13.8. The Bertz CT molecular complexity index is 1160. The number of ether oxygens (including phenoxy) is 1. The van der Waals surface area contributed by atoms with Crippen LogP contribution in [0.25, 0.3) is 0 Å². The molecule has 5 nitrogen and oxygen atoms in total. The van der Waals surface area contributed by atoms with E-state index in [1.165, 1.54) is 31.2 Å². The second kappa shape index (κ2) is 7.97. The van der Waals surface area contributed by atoms with Crippen LogP contribution in [0.1, 0.15) is 43.4 Å². The highest BCUT2D eigenvalue weighted by Gasteiger charge is 2.45. The third-order valence-electron chi connectivity index (χ3n) is 5.38. The maximum absolute atomic E-state index is 14.6. The van der Waals surface area contributed by atoms with Gasteiger partial charge in [-0.25, -0.2) is 30.0 Å². The van der Waals surface area contributed by atoms with E-state index in [9.17, 15) is 30.0 Å². The summed E-state index contributed by atoms with van der Waals surface area (Å²) in [6.45, 7) is 1.50. The summed E-state index contributed by atoms with van der Waals surface area (Å²) in [5.41, 5.74) is -0.351. The number of hydrogen-bond donors (Lipinski definition) is 0. The first kappa shape index (κ1) is 22.8. The zero-order chi connectivity index (χ0) is 22.3. The minimum atomic E-state index is -4.03. The highest BCUT2D eigenvalue weighted by Crippen LogP contribution is 2.43. The topological polar surface area (TPSA) is 77.5 Å². The van der Waals surface area contributed by atoms with Crippen LogP contribution in [0.4, 0.5) is 13.2 Å². The van der Waals surface area contributed by atoms with Gasteiger partial charge in [-0.05, 0) is 44.0 Å². The molecule has 1 aliphatic rings. The second-order valence-corrected chi connectivity index (χ2v) is 12.1. The lowest BCUT2D eigenvalue weighted by Crippen LogP contribution is -2.42. The average molecular weight is 463 g/mol. The molecule has 0 N–H and O–H groups in total. The van der Waals surface area contributed by atoms with E-state index in [4.69, 9.17) is 4.74 Å². The lowest BCUT2D eigenvalue weighted by Gasteiger charge is -2.38. The molecule has 3 rings (SSSR count). The van der Waals surface area contributed by atoms with Gasteiger partial charge >= 0.3 is 0 Å². The SMILES string of the molecule is CC1(S(=O)(=O)c2cccc(C(F)F)c2)CCOC(c2ccc(S(C)(=O)=O)cc2F)C1. The molecule has 2 aromatic rings. The normalized spacial score (nSPS) is 22.9. The highest BCUT2D eigenvalue weighted by atomic mass is 32.2. The monoisotopic (exact) mass is 462 g/mol. The second-order valence-electron chi connectivity index (χ2n) is 7.60. The van der Waals surface area contributed by atoms with Gasteiger partial charge in [0.15, 0.2) is 19.7 Å². The van der Waals surface area contributed by atoms with Crippen molar-refractivity contribution >= 4 is 19.7 Å². The van der Waals surface area contributed by atoms with Crippen molar-refractivity contribution < 1.29 is 34.7 Å².